The largest absolute Gasteiger partial charge is 0.387 e. The minimum atomic E-state index is -0.326. The van der Waals surface area contributed by atoms with Crippen LogP contribution in [0.15, 0.2) is 23.1 Å². The van der Waals surface area contributed by atoms with E-state index in [4.69, 9.17) is 0 Å². The molecule has 13 heavy (non-hydrogen) atoms. The van der Waals surface area contributed by atoms with Crippen LogP contribution in [0.2, 0.25) is 0 Å². The van der Waals surface area contributed by atoms with E-state index in [2.05, 4.69) is 32.9 Å². The summed E-state index contributed by atoms with van der Waals surface area (Å²) >= 11 is 1.77. The molecule has 0 spiro atoms. The second kappa shape index (κ2) is 2.76. The summed E-state index contributed by atoms with van der Waals surface area (Å²) in [6, 6.07) is 6.25. The molecule has 0 fully saturated rings. The molecule has 1 aromatic rings. The molecule has 0 saturated heterocycles. The molecule has 1 aliphatic heterocycles. The Hall–Kier alpha value is -0.470. The highest BCUT2D eigenvalue weighted by atomic mass is 32.2. The first-order valence-corrected chi connectivity index (χ1v) is 5.30. The molecule has 1 atom stereocenters. The van der Waals surface area contributed by atoms with Gasteiger partial charge in [0.1, 0.15) is 0 Å². The zero-order valence-electron chi connectivity index (χ0n) is 8.16. The molecule has 1 heterocycles. The number of aliphatic hydroxyl groups is 1. The quantitative estimate of drug-likeness (QED) is 0.685. The second-order valence-electron chi connectivity index (χ2n) is 4.15. The van der Waals surface area contributed by atoms with Gasteiger partial charge in [0.15, 0.2) is 0 Å². The SMILES string of the molecule is Cc1ccc2c(c1)SC(C)(C)C2O. The van der Waals surface area contributed by atoms with Crippen molar-refractivity contribution in [3.8, 4) is 0 Å². The molecule has 1 nitrogen and oxygen atoms in total. The Morgan fingerprint density at radius 2 is 2.08 bits per heavy atom. The molecule has 0 radical (unpaired) electrons. The van der Waals surface area contributed by atoms with Crippen LogP contribution in [0.3, 0.4) is 0 Å². The number of hydrogen-bond acceptors (Lipinski definition) is 2. The first-order chi connectivity index (χ1) is 6.00. The van der Waals surface area contributed by atoms with Crippen LogP contribution in [-0.2, 0) is 0 Å². The molecule has 0 saturated carbocycles. The zero-order chi connectivity index (χ0) is 9.64. The lowest BCUT2D eigenvalue weighted by Gasteiger charge is -2.20. The minimum Gasteiger partial charge on any atom is -0.387 e. The Labute approximate surface area is 83.2 Å². The predicted octanol–water partition coefficient (Wildman–Crippen LogP) is 2.91. The van der Waals surface area contributed by atoms with Crippen molar-refractivity contribution in [2.75, 3.05) is 0 Å². The monoisotopic (exact) mass is 194 g/mol. The van der Waals surface area contributed by atoms with Gasteiger partial charge in [-0.1, -0.05) is 12.1 Å². The number of fused-ring (bicyclic) bond motifs is 1. The Morgan fingerprint density at radius 1 is 1.38 bits per heavy atom. The smallest absolute Gasteiger partial charge is 0.0945 e. The maximum absolute atomic E-state index is 9.98. The lowest BCUT2D eigenvalue weighted by atomic mass is 9.98. The molecule has 0 aromatic heterocycles. The summed E-state index contributed by atoms with van der Waals surface area (Å²) in [6.45, 7) is 6.24. The van der Waals surface area contributed by atoms with Gasteiger partial charge < -0.3 is 5.11 Å². The van der Waals surface area contributed by atoms with Gasteiger partial charge in [0.05, 0.1) is 6.10 Å². The average molecular weight is 194 g/mol. The summed E-state index contributed by atoms with van der Waals surface area (Å²) in [5.41, 5.74) is 2.34. The molecular weight excluding hydrogens is 180 g/mol. The Balaban J connectivity index is 2.50. The molecule has 70 valence electrons. The maximum atomic E-state index is 9.98. The van der Waals surface area contributed by atoms with E-state index in [1.54, 1.807) is 11.8 Å². The average Bonchev–Trinajstić information content (AvgIpc) is 2.22. The van der Waals surface area contributed by atoms with Gasteiger partial charge in [-0.15, -0.1) is 11.8 Å². The third-order valence-electron chi connectivity index (χ3n) is 2.50. The molecule has 1 unspecified atom stereocenters. The van der Waals surface area contributed by atoms with Gasteiger partial charge in [-0.05, 0) is 38.0 Å². The van der Waals surface area contributed by atoms with Crippen LogP contribution in [0, 0.1) is 6.92 Å². The summed E-state index contributed by atoms with van der Waals surface area (Å²) in [4.78, 5) is 1.23. The molecule has 1 aromatic carbocycles. The summed E-state index contributed by atoms with van der Waals surface area (Å²) < 4.78 is -0.0733. The number of benzene rings is 1. The molecule has 0 bridgehead atoms. The highest BCUT2D eigenvalue weighted by Crippen LogP contribution is 2.51. The minimum absolute atomic E-state index is 0.0733. The van der Waals surface area contributed by atoms with Crippen molar-refractivity contribution in [3.63, 3.8) is 0 Å². The third kappa shape index (κ3) is 1.38. The van der Waals surface area contributed by atoms with E-state index in [0.717, 1.165) is 5.56 Å². The normalized spacial score (nSPS) is 24.5. The lowest BCUT2D eigenvalue weighted by molar-refractivity contribution is 0.147. The number of hydrogen-bond donors (Lipinski definition) is 1. The van der Waals surface area contributed by atoms with Gasteiger partial charge in [0, 0.05) is 9.64 Å². The van der Waals surface area contributed by atoms with E-state index in [1.807, 2.05) is 6.07 Å². The Kier molecular flexibility index (Phi) is 1.93. The Morgan fingerprint density at radius 3 is 2.77 bits per heavy atom. The first kappa shape index (κ1) is 9.10. The molecule has 0 amide bonds. The zero-order valence-corrected chi connectivity index (χ0v) is 8.98. The van der Waals surface area contributed by atoms with Crippen LogP contribution >= 0.6 is 11.8 Å². The summed E-state index contributed by atoms with van der Waals surface area (Å²) in [5.74, 6) is 0. The summed E-state index contributed by atoms with van der Waals surface area (Å²) in [7, 11) is 0. The number of rotatable bonds is 0. The predicted molar refractivity (Wildman–Crippen MR) is 56.1 cm³/mol. The van der Waals surface area contributed by atoms with E-state index in [0.29, 0.717) is 0 Å². The van der Waals surface area contributed by atoms with Crippen molar-refractivity contribution in [1.82, 2.24) is 0 Å². The van der Waals surface area contributed by atoms with Gasteiger partial charge >= 0.3 is 0 Å². The van der Waals surface area contributed by atoms with Crippen LogP contribution in [0.5, 0.6) is 0 Å². The maximum Gasteiger partial charge on any atom is 0.0945 e. The summed E-state index contributed by atoms with van der Waals surface area (Å²) in [6.07, 6.45) is -0.326. The Bertz CT molecular complexity index is 344. The molecule has 2 rings (SSSR count). The first-order valence-electron chi connectivity index (χ1n) is 4.48. The second-order valence-corrected chi connectivity index (χ2v) is 5.85. The van der Waals surface area contributed by atoms with E-state index >= 15 is 0 Å². The number of aryl methyl sites for hydroxylation is 1. The van der Waals surface area contributed by atoms with Crippen molar-refractivity contribution >= 4 is 11.8 Å². The number of thioether (sulfide) groups is 1. The van der Waals surface area contributed by atoms with Crippen molar-refractivity contribution in [1.29, 1.82) is 0 Å². The van der Waals surface area contributed by atoms with Crippen molar-refractivity contribution in [2.24, 2.45) is 0 Å². The van der Waals surface area contributed by atoms with Gasteiger partial charge in [-0.3, -0.25) is 0 Å². The van der Waals surface area contributed by atoms with E-state index in [-0.39, 0.29) is 10.9 Å². The molecule has 1 aliphatic rings. The standard InChI is InChI=1S/C11H14OS/c1-7-4-5-8-9(6-7)13-11(2,3)10(8)12/h4-6,10,12H,1-3H3. The van der Waals surface area contributed by atoms with Crippen LogP contribution in [0.25, 0.3) is 0 Å². The molecule has 0 aliphatic carbocycles. The van der Waals surface area contributed by atoms with E-state index < -0.39 is 0 Å². The van der Waals surface area contributed by atoms with Gasteiger partial charge in [-0.2, -0.15) is 0 Å². The lowest BCUT2D eigenvalue weighted by Crippen LogP contribution is -2.19. The van der Waals surface area contributed by atoms with Crippen molar-refractivity contribution in [2.45, 2.75) is 36.5 Å². The highest BCUT2D eigenvalue weighted by Gasteiger charge is 2.38. The van der Waals surface area contributed by atoms with E-state index in [1.165, 1.54) is 10.5 Å². The third-order valence-corrected chi connectivity index (χ3v) is 3.82. The molecule has 1 N–H and O–H groups in total. The van der Waals surface area contributed by atoms with E-state index in [9.17, 15) is 5.11 Å². The fourth-order valence-corrected chi connectivity index (χ4v) is 3.02. The van der Waals surface area contributed by atoms with Gasteiger partial charge in [0.25, 0.3) is 0 Å². The topological polar surface area (TPSA) is 20.2 Å². The van der Waals surface area contributed by atoms with Crippen LogP contribution in [-0.4, -0.2) is 9.85 Å². The van der Waals surface area contributed by atoms with Crippen LogP contribution in [0.1, 0.15) is 31.1 Å². The highest BCUT2D eigenvalue weighted by molar-refractivity contribution is 8.01. The van der Waals surface area contributed by atoms with Crippen molar-refractivity contribution in [3.05, 3.63) is 29.3 Å². The fourth-order valence-electron chi connectivity index (χ4n) is 1.67. The van der Waals surface area contributed by atoms with Crippen LogP contribution < -0.4 is 0 Å². The van der Waals surface area contributed by atoms with Gasteiger partial charge in [0.2, 0.25) is 0 Å². The molecule has 2 heteroatoms. The van der Waals surface area contributed by atoms with Crippen LogP contribution in [0.4, 0.5) is 0 Å². The van der Waals surface area contributed by atoms with Crippen molar-refractivity contribution < 1.29 is 5.11 Å². The summed E-state index contributed by atoms with van der Waals surface area (Å²) in [5, 5.41) is 9.98. The molecular formula is C11H14OS. The van der Waals surface area contributed by atoms with Gasteiger partial charge in [-0.25, -0.2) is 0 Å². The number of aliphatic hydroxyl groups excluding tert-OH is 1. The fraction of sp³-hybridized carbons (Fsp3) is 0.455.